The van der Waals surface area contributed by atoms with Crippen molar-refractivity contribution in [2.45, 2.75) is 25.7 Å². The van der Waals surface area contributed by atoms with Crippen molar-refractivity contribution in [1.82, 2.24) is 5.32 Å². The van der Waals surface area contributed by atoms with Gasteiger partial charge in [-0.1, -0.05) is 18.6 Å². The number of hydrogen-bond acceptors (Lipinski definition) is 2. The third-order valence-electron chi connectivity index (χ3n) is 4.80. The van der Waals surface area contributed by atoms with Crippen molar-refractivity contribution in [3.05, 3.63) is 29.8 Å². The second-order valence-corrected chi connectivity index (χ2v) is 5.83. The topological polar surface area (TPSA) is 21.3 Å². The van der Waals surface area contributed by atoms with Crippen LogP contribution in [-0.4, -0.2) is 20.2 Å². The summed E-state index contributed by atoms with van der Waals surface area (Å²) in [5.74, 6) is 3.71. The summed E-state index contributed by atoms with van der Waals surface area (Å²) in [6.07, 6.45) is 5.52. The predicted molar refractivity (Wildman–Crippen MR) is 73.9 cm³/mol. The molecule has 1 aromatic rings. The van der Waals surface area contributed by atoms with Crippen LogP contribution in [0, 0.1) is 17.8 Å². The minimum absolute atomic E-state index is 0.882. The van der Waals surface area contributed by atoms with Crippen molar-refractivity contribution >= 4 is 0 Å². The molecule has 1 aliphatic carbocycles. The lowest BCUT2D eigenvalue weighted by Crippen LogP contribution is -2.28. The van der Waals surface area contributed by atoms with E-state index in [9.17, 15) is 0 Å². The molecule has 0 amide bonds. The standard InChI is InChI=1S/C16H23NO/c1-18-15-7-5-12(6-8-15)9-13-3-2-4-14-10-17-11-16(13)14/h5-8,13-14,16-17H,2-4,9-11H2,1H3/t13-,14-,16-/m1/s1. The Morgan fingerprint density at radius 1 is 1.17 bits per heavy atom. The minimum Gasteiger partial charge on any atom is -0.497 e. The van der Waals surface area contributed by atoms with Gasteiger partial charge >= 0.3 is 0 Å². The van der Waals surface area contributed by atoms with Gasteiger partial charge in [0.25, 0.3) is 0 Å². The summed E-state index contributed by atoms with van der Waals surface area (Å²) in [7, 11) is 1.73. The molecule has 0 bridgehead atoms. The predicted octanol–water partition coefficient (Wildman–Crippen LogP) is 2.87. The van der Waals surface area contributed by atoms with E-state index in [1.165, 1.54) is 44.3 Å². The van der Waals surface area contributed by atoms with Gasteiger partial charge in [-0.2, -0.15) is 0 Å². The Labute approximate surface area is 110 Å². The average Bonchev–Trinajstić information content (AvgIpc) is 2.89. The molecule has 3 rings (SSSR count). The summed E-state index contributed by atoms with van der Waals surface area (Å²) in [5, 5.41) is 3.58. The van der Waals surface area contributed by atoms with Gasteiger partial charge in [-0.05, 0) is 67.8 Å². The van der Waals surface area contributed by atoms with E-state index >= 15 is 0 Å². The summed E-state index contributed by atoms with van der Waals surface area (Å²) < 4.78 is 5.22. The van der Waals surface area contributed by atoms with E-state index in [-0.39, 0.29) is 0 Å². The van der Waals surface area contributed by atoms with Gasteiger partial charge in [0.15, 0.2) is 0 Å². The fourth-order valence-electron chi connectivity index (χ4n) is 3.80. The summed E-state index contributed by atoms with van der Waals surface area (Å²) in [6, 6.07) is 8.63. The normalized spacial score (nSPS) is 31.1. The largest absolute Gasteiger partial charge is 0.497 e. The summed E-state index contributed by atoms with van der Waals surface area (Å²) in [4.78, 5) is 0. The van der Waals surface area contributed by atoms with Gasteiger partial charge < -0.3 is 10.1 Å². The summed E-state index contributed by atoms with van der Waals surface area (Å²) >= 11 is 0. The molecule has 0 unspecified atom stereocenters. The lowest BCUT2D eigenvalue weighted by Gasteiger charge is -2.33. The van der Waals surface area contributed by atoms with Crippen LogP contribution in [0.4, 0.5) is 0 Å². The van der Waals surface area contributed by atoms with Crippen LogP contribution in [0.1, 0.15) is 24.8 Å². The van der Waals surface area contributed by atoms with Crippen LogP contribution < -0.4 is 10.1 Å². The van der Waals surface area contributed by atoms with Crippen LogP contribution in [0.5, 0.6) is 5.75 Å². The molecule has 0 radical (unpaired) electrons. The van der Waals surface area contributed by atoms with E-state index < -0.39 is 0 Å². The maximum Gasteiger partial charge on any atom is 0.118 e. The molecule has 2 nitrogen and oxygen atoms in total. The number of methoxy groups -OCH3 is 1. The second kappa shape index (κ2) is 5.31. The smallest absolute Gasteiger partial charge is 0.118 e. The Hall–Kier alpha value is -1.02. The van der Waals surface area contributed by atoms with E-state index in [0.29, 0.717) is 0 Å². The zero-order valence-electron chi connectivity index (χ0n) is 11.2. The Kier molecular flexibility index (Phi) is 3.55. The number of ether oxygens (including phenoxy) is 1. The number of hydrogen-bond donors (Lipinski definition) is 1. The molecule has 1 heterocycles. The van der Waals surface area contributed by atoms with Crippen LogP contribution in [0.25, 0.3) is 0 Å². The SMILES string of the molecule is COc1ccc(C[C@H]2CCC[C@@H]3CNC[C@@H]32)cc1. The Bertz CT molecular complexity index is 387. The first-order valence-corrected chi connectivity index (χ1v) is 7.20. The van der Waals surface area contributed by atoms with Crippen LogP contribution >= 0.6 is 0 Å². The van der Waals surface area contributed by atoms with Crippen molar-refractivity contribution < 1.29 is 4.74 Å². The van der Waals surface area contributed by atoms with Gasteiger partial charge in [0.1, 0.15) is 5.75 Å². The van der Waals surface area contributed by atoms with Crippen molar-refractivity contribution in [3.63, 3.8) is 0 Å². The Morgan fingerprint density at radius 3 is 2.78 bits per heavy atom. The van der Waals surface area contributed by atoms with Gasteiger partial charge in [-0.25, -0.2) is 0 Å². The molecule has 0 spiro atoms. The highest BCUT2D eigenvalue weighted by molar-refractivity contribution is 5.27. The fraction of sp³-hybridized carbons (Fsp3) is 0.625. The maximum atomic E-state index is 5.22. The maximum absolute atomic E-state index is 5.22. The van der Waals surface area contributed by atoms with Crippen molar-refractivity contribution in [1.29, 1.82) is 0 Å². The molecular formula is C16H23NO. The Morgan fingerprint density at radius 2 is 2.00 bits per heavy atom. The van der Waals surface area contributed by atoms with E-state index in [1.807, 2.05) is 0 Å². The molecule has 1 saturated heterocycles. The van der Waals surface area contributed by atoms with Gasteiger partial charge in [-0.15, -0.1) is 0 Å². The fourth-order valence-corrected chi connectivity index (χ4v) is 3.80. The van der Waals surface area contributed by atoms with Crippen molar-refractivity contribution in [2.24, 2.45) is 17.8 Å². The highest BCUT2D eigenvalue weighted by Crippen LogP contribution is 2.38. The average molecular weight is 245 g/mol. The van der Waals surface area contributed by atoms with Gasteiger partial charge in [0, 0.05) is 0 Å². The van der Waals surface area contributed by atoms with E-state index in [1.54, 1.807) is 7.11 Å². The van der Waals surface area contributed by atoms with Crippen LogP contribution in [0.15, 0.2) is 24.3 Å². The monoisotopic (exact) mass is 245 g/mol. The van der Waals surface area contributed by atoms with Gasteiger partial charge in [-0.3, -0.25) is 0 Å². The molecule has 18 heavy (non-hydrogen) atoms. The lowest BCUT2D eigenvalue weighted by atomic mass is 9.71. The molecule has 0 aromatic heterocycles. The lowest BCUT2D eigenvalue weighted by molar-refractivity contribution is 0.198. The van der Waals surface area contributed by atoms with Gasteiger partial charge in [0.05, 0.1) is 7.11 Å². The van der Waals surface area contributed by atoms with Crippen LogP contribution in [0.2, 0.25) is 0 Å². The number of fused-ring (bicyclic) bond motifs is 1. The van der Waals surface area contributed by atoms with Crippen molar-refractivity contribution in [3.8, 4) is 5.75 Å². The minimum atomic E-state index is 0.882. The highest BCUT2D eigenvalue weighted by Gasteiger charge is 2.36. The molecule has 2 fully saturated rings. The Balaban J connectivity index is 1.67. The number of rotatable bonds is 3. The van der Waals surface area contributed by atoms with Crippen molar-refractivity contribution in [2.75, 3.05) is 20.2 Å². The quantitative estimate of drug-likeness (QED) is 0.884. The van der Waals surface area contributed by atoms with Gasteiger partial charge in [0.2, 0.25) is 0 Å². The third kappa shape index (κ3) is 2.39. The first kappa shape index (κ1) is 12.0. The first-order valence-electron chi connectivity index (χ1n) is 7.20. The summed E-state index contributed by atoms with van der Waals surface area (Å²) in [6.45, 7) is 2.50. The molecule has 1 N–H and O–H groups in total. The molecule has 2 heteroatoms. The number of benzene rings is 1. The molecule has 2 aliphatic rings. The molecule has 98 valence electrons. The molecule has 1 saturated carbocycles. The number of nitrogens with one attached hydrogen (secondary N) is 1. The zero-order valence-corrected chi connectivity index (χ0v) is 11.2. The first-order chi connectivity index (χ1) is 8.86. The zero-order chi connectivity index (χ0) is 12.4. The van der Waals surface area contributed by atoms with Crippen LogP contribution in [-0.2, 0) is 6.42 Å². The third-order valence-corrected chi connectivity index (χ3v) is 4.80. The molecule has 1 aliphatic heterocycles. The van der Waals surface area contributed by atoms with E-state index in [0.717, 1.165) is 23.5 Å². The van der Waals surface area contributed by atoms with E-state index in [2.05, 4.69) is 29.6 Å². The molecular weight excluding hydrogens is 222 g/mol. The van der Waals surface area contributed by atoms with E-state index in [4.69, 9.17) is 4.74 Å². The second-order valence-electron chi connectivity index (χ2n) is 5.83. The molecule has 1 aromatic carbocycles. The summed E-state index contributed by atoms with van der Waals surface area (Å²) in [5.41, 5.74) is 1.47. The molecule has 3 atom stereocenters. The highest BCUT2D eigenvalue weighted by atomic mass is 16.5. The van der Waals surface area contributed by atoms with Crippen LogP contribution in [0.3, 0.4) is 0 Å².